The van der Waals surface area contributed by atoms with Crippen molar-refractivity contribution in [1.82, 2.24) is 0 Å². The first-order valence-corrected chi connectivity index (χ1v) is 10.1. The van der Waals surface area contributed by atoms with Gasteiger partial charge in [-0.1, -0.05) is 60.7 Å². The van der Waals surface area contributed by atoms with E-state index in [2.05, 4.69) is 17.4 Å². The van der Waals surface area contributed by atoms with Crippen LogP contribution in [0, 0.1) is 0 Å². The summed E-state index contributed by atoms with van der Waals surface area (Å²) in [6.07, 6.45) is 0.495. The third-order valence-corrected chi connectivity index (χ3v) is 5.43. The van der Waals surface area contributed by atoms with Gasteiger partial charge in [0.1, 0.15) is 5.75 Å². The van der Waals surface area contributed by atoms with Crippen molar-refractivity contribution < 1.29 is 9.53 Å². The number of rotatable bonds is 8. The summed E-state index contributed by atoms with van der Waals surface area (Å²) in [7, 11) is 1.63. The fraction of sp³-hybridized carbons (Fsp3) is 0.174. The molecule has 0 bridgehead atoms. The van der Waals surface area contributed by atoms with Gasteiger partial charge in [-0.15, -0.1) is 24.2 Å². The lowest BCUT2D eigenvalue weighted by atomic mass is 10.1. The predicted molar refractivity (Wildman–Crippen MR) is 123 cm³/mol. The summed E-state index contributed by atoms with van der Waals surface area (Å²) in [4.78, 5) is 13.5. The van der Waals surface area contributed by atoms with Gasteiger partial charge < -0.3 is 15.8 Å². The van der Waals surface area contributed by atoms with Crippen molar-refractivity contribution in [2.45, 2.75) is 23.1 Å². The third kappa shape index (κ3) is 6.82. The lowest BCUT2D eigenvalue weighted by Gasteiger charge is -2.14. The molecule has 3 aromatic rings. The molecule has 0 unspecified atom stereocenters. The minimum atomic E-state index is -0.611. The molecule has 0 aliphatic heterocycles. The van der Waals surface area contributed by atoms with E-state index in [9.17, 15) is 4.79 Å². The molecule has 3 N–H and O–H groups in total. The Morgan fingerprint density at radius 3 is 2.24 bits per heavy atom. The summed E-state index contributed by atoms with van der Waals surface area (Å²) in [6, 6.07) is 25.1. The van der Waals surface area contributed by atoms with Crippen molar-refractivity contribution in [3.63, 3.8) is 0 Å². The molecule has 0 aromatic heterocycles. The van der Waals surface area contributed by atoms with Crippen LogP contribution in [0.3, 0.4) is 0 Å². The Kier molecular flexibility index (Phi) is 9.06. The van der Waals surface area contributed by atoms with E-state index in [0.29, 0.717) is 12.1 Å². The largest absolute Gasteiger partial charge is 0.496 e. The number of carbonyl (C=O) groups is 1. The molecule has 6 heteroatoms. The third-order valence-electron chi connectivity index (χ3n) is 4.30. The number of benzene rings is 3. The molecule has 1 atom stereocenters. The number of nitrogens with one attached hydrogen (secondary N) is 1. The SMILES string of the molecule is COc1cc(NC(=O)[C@@H](N)Cc2ccccc2)ccc1SCc1ccccc1.Cl. The zero-order valence-corrected chi connectivity index (χ0v) is 17.8. The fourth-order valence-electron chi connectivity index (χ4n) is 2.80. The van der Waals surface area contributed by atoms with E-state index >= 15 is 0 Å². The highest BCUT2D eigenvalue weighted by Gasteiger charge is 2.15. The molecule has 0 aliphatic carbocycles. The molecule has 0 saturated carbocycles. The highest BCUT2D eigenvalue weighted by atomic mass is 35.5. The van der Waals surface area contributed by atoms with Crippen LogP contribution in [-0.4, -0.2) is 19.1 Å². The van der Waals surface area contributed by atoms with Crippen LogP contribution in [0.1, 0.15) is 11.1 Å². The number of carbonyl (C=O) groups excluding carboxylic acids is 1. The zero-order chi connectivity index (χ0) is 19.8. The molecular weight excluding hydrogens is 404 g/mol. The Hall–Kier alpha value is -2.47. The second-order valence-electron chi connectivity index (χ2n) is 6.43. The second-order valence-corrected chi connectivity index (χ2v) is 7.44. The highest BCUT2D eigenvalue weighted by Crippen LogP contribution is 2.33. The first-order valence-electron chi connectivity index (χ1n) is 9.11. The number of thioether (sulfide) groups is 1. The topological polar surface area (TPSA) is 64.3 Å². The highest BCUT2D eigenvalue weighted by molar-refractivity contribution is 7.98. The van der Waals surface area contributed by atoms with Crippen molar-refractivity contribution in [2.75, 3.05) is 12.4 Å². The van der Waals surface area contributed by atoms with Crippen LogP contribution in [0.5, 0.6) is 5.75 Å². The summed E-state index contributed by atoms with van der Waals surface area (Å²) in [5.41, 5.74) is 9.02. The van der Waals surface area contributed by atoms with Crippen LogP contribution >= 0.6 is 24.2 Å². The van der Waals surface area contributed by atoms with Crippen molar-refractivity contribution in [3.05, 3.63) is 90.0 Å². The van der Waals surface area contributed by atoms with E-state index in [1.807, 2.05) is 66.7 Å². The van der Waals surface area contributed by atoms with Gasteiger partial charge in [-0.2, -0.15) is 0 Å². The molecule has 0 heterocycles. The van der Waals surface area contributed by atoms with Crippen LogP contribution in [0.25, 0.3) is 0 Å². The Bertz CT molecular complexity index is 907. The predicted octanol–water partition coefficient (Wildman–Crippen LogP) is 4.92. The summed E-state index contributed by atoms with van der Waals surface area (Å²) in [6.45, 7) is 0. The molecule has 1 amide bonds. The van der Waals surface area contributed by atoms with Gasteiger partial charge in [0.25, 0.3) is 0 Å². The quantitative estimate of drug-likeness (QED) is 0.500. The monoisotopic (exact) mass is 428 g/mol. The zero-order valence-electron chi connectivity index (χ0n) is 16.2. The Morgan fingerprint density at radius 1 is 1.00 bits per heavy atom. The van der Waals surface area contributed by atoms with Crippen molar-refractivity contribution in [1.29, 1.82) is 0 Å². The van der Waals surface area contributed by atoms with Crippen molar-refractivity contribution >= 4 is 35.8 Å². The fourth-order valence-corrected chi connectivity index (χ4v) is 3.76. The number of nitrogens with two attached hydrogens (primary N) is 1. The molecule has 29 heavy (non-hydrogen) atoms. The first-order chi connectivity index (χ1) is 13.7. The maximum atomic E-state index is 12.4. The van der Waals surface area contributed by atoms with Gasteiger partial charge in [0, 0.05) is 22.4 Å². The van der Waals surface area contributed by atoms with Crippen molar-refractivity contribution in [2.24, 2.45) is 5.73 Å². The summed E-state index contributed by atoms with van der Waals surface area (Å²) < 4.78 is 5.51. The maximum Gasteiger partial charge on any atom is 0.241 e. The standard InChI is InChI=1S/C23H24N2O2S.ClH/c1-27-21-15-19(12-13-22(21)28-16-18-10-6-3-7-11-18)25-23(26)20(24)14-17-8-4-2-5-9-17;/h2-13,15,20H,14,16,24H2,1H3,(H,25,26);1H/t20-;/m0./s1. The van der Waals surface area contributed by atoms with Gasteiger partial charge in [-0.05, 0) is 29.7 Å². The normalized spacial score (nSPS) is 11.2. The summed E-state index contributed by atoms with van der Waals surface area (Å²) >= 11 is 1.70. The second kappa shape index (κ2) is 11.5. The molecule has 3 aromatic carbocycles. The first kappa shape index (κ1) is 22.8. The number of hydrogen-bond acceptors (Lipinski definition) is 4. The number of amides is 1. The van der Waals surface area contributed by atoms with Gasteiger partial charge in [0.2, 0.25) is 5.91 Å². The van der Waals surface area contributed by atoms with Crippen LogP contribution in [0.15, 0.2) is 83.8 Å². The number of hydrogen-bond donors (Lipinski definition) is 2. The average molecular weight is 429 g/mol. The molecule has 4 nitrogen and oxygen atoms in total. The number of methoxy groups -OCH3 is 1. The molecule has 3 rings (SSSR count). The van der Waals surface area contributed by atoms with Crippen LogP contribution < -0.4 is 15.8 Å². The lowest BCUT2D eigenvalue weighted by Crippen LogP contribution is -2.37. The minimum absolute atomic E-state index is 0. The van der Waals surface area contributed by atoms with E-state index in [4.69, 9.17) is 10.5 Å². The Morgan fingerprint density at radius 2 is 1.62 bits per heavy atom. The summed E-state index contributed by atoms with van der Waals surface area (Å²) in [5, 5.41) is 2.88. The molecule has 0 aliphatic rings. The number of ether oxygens (including phenoxy) is 1. The Labute approximate surface area is 182 Å². The lowest BCUT2D eigenvalue weighted by molar-refractivity contribution is -0.117. The van der Waals surface area contributed by atoms with Crippen LogP contribution in [0.4, 0.5) is 5.69 Å². The number of anilines is 1. The van der Waals surface area contributed by atoms with E-state index in [-0.39, 0.29) is 18.3 Å². The minimum Gasteiger partial charge on any atom is -0.496 e. The summed E-state index contributed by atoms with van der Waals surface area (Å²) in [5.74, 6) is 1.37. The Balaban J connectivity index is 0.00000300. The van der Waals surface area contributed by atoms with E-state index < -0.39 is 6.04 Å². The molecule has 0 fully saturated rings. The van der Waals surface area contributed by atoms with Gasteiger partial charge >= 0.3 is 0 Å². The molecule has 0 saturated heterocycles. The van der Waals surface area contributed by atoms with E-state index in [0.717, 1.165) is 22.0 Å². The van der Waals surface area contributed by atoms with Crippen LogP contribution in [0.2, 0.25) is 0 Å². The van der Waals surface area contributed by atoms with Gasteiger partial charge in [-0.25, -0.2) is 0 Å². The van der Waals surface area contributed by atoms with E-state index in [1.165, 1.54) is 5.56 Å². The van der Waals surface area contributed by atoms with Gasteiger partial charge in [0.05, 0.1) is 13.2 Å². The molecule has 0 radical (unpaired) electrons. The van der Waals surface area contributed by atoms with Gasteiger partial charge in [0.15, 0.2) is 0 Å². The van der Waals surface area contributed by atoms with Crippen molar-refractivity contribution in [3.8, 4) is 5.75 Å². The number of halogens is 1. The van der Waals surface area contributed by atoms with Crippen LogP contribution in [-0.2, 0) is 17.0 Å². The smallest absolute Gasteiger partial charge is 0.241 e. The van der Waals surface area contributed by atoms with Gasteiger partial charge in [-0.3, -0.25) is 4.79 Å². The maximum absolute atomic E-state index is 12.4. The molecule has 0 spiro atoms. The molecule has 152 valence electrons. The molecular formula is C23H25ClN2O2S. The average Bonchev–Trinajstić information content (AvgIpc) is 2.74. The van der Waals surface area contributed by atoms with E-state index in [1.54, 1.807) is 18.9 Å².